The number of rotatable bonds is 2. The summed E-state index contributed by atoms with van der Waals surface area (Å²) in [7, 11) is 0. The van der Waals surface area contributed by atoms with Crippen LogP contribution < -0.4 is 5.73 Å². The first-order valence-electron chi connectivity index (χ1n) is 4.17. The van der Waals surface area contributed by atoms with Crippen molar-refractivity contribution in [3.05, 3.63) is 34.9 Å². The maximum Gasteiger partial charge on any atom is 0.320 e. The van der Waals surface area contributed by atoms with E-state index in [1.807, 2.05) is 0 Å². The SMILES string of the molecule is CC(N)C(=O)O.O=Cc1ccccc1Cl. The topological polar surface area (TPSA) is 80.4 Å². The van der Waals surface area contributed by atoms with Crippen molar-refractivity contribution in [2.45, 2.75) is 13.0 Å². The standard InChI is InChI=1S/C7H5ClO.C3H7NO2/c8-7-4-2-1-3-6(7)5-9;1-2(4)3(5)6/h1-5H;2H,4H2,1H3,(H,5,6). The van der Waals surface area contributed by atoms with E-state index >= 15 is 0 Å². The number of carboxylic acid groups (broad SMARTS) is 1. The van der Waals surface area contributed by atoms with Crippen molar-refractivity contribution in [1.82, 2.24) is 0 Å². The molecular weight excluding hydrogens is 218 g/mol. The highest BCUT2D eigenvalue weighted by Crippen LogP contribution is 2.11. The zero-order chi connectivity index (χ0) is 11.8. The highest BCUT2D eigenvalue weighted by atomic mass is 35.5. The molecule has 5 heteroatoms. The molecule has 0 radical (unpaired) electrons. The minimum Gasteiger partial charge on any atom is -0.480 e. The fourth-order valence-corrected chi connectivity index (χ4v) is 0.751. The zero-order valence-corrected chi connectivity index (χ0v) is 8.94. The van der Waals surface area contributed by atoms with Gasteiger partial charge in [0.2, 0.25) is 0 Å². The number of benzene rings is 1. The van der Waals surface area contributed by atoms with Gasteiger partial charge < -0.3 is 10.8 Å². The second kappa shape index (κ2) is 6.98. The monoisotopic (exact) mass is 229 g/mol. The molecule has 1 atom stereocenters. The Morgan fingerprint density at radius 3 is 2.27 bits per heavy atom. The maximum absolute atomic E-state index is 10.1. The fourth-order valence-electron chi connectivity index (χ4n) is 0.571. The number of halogens is 1. The lowest BCUT2D eigenvalue weighted by Crippen LogP contribution is -2.25. The zero-order valence-electron chi connectivity index (χ0n) is 8.18. The van der Waals surface area contributed by atoms with Crippen LogP contribution in [0.25, 0.3) is 0 Å². The molecule has 3 N–H and O–H groups in total. The molecule has 0 aliphatic heterocycles. The van der Waals surface area contributed by atoms with E-state index < -0.39 is 12.0 Å². The molecule has 15 heavy (non-hydrogen) atoms. The van der Waals surface area contributed by atoms with Gasteiger partial charge in [-0.25, -0.2) is 0 Å². The molecule has 0 aliphatic rings. The highest BCUT2D eigenvalue weighted by Gasteiger charge is 1.99. The summed E-state index contributed by atoms with van der Waals surface area (Å²) < 4.78 is 0. The molecule has 4 nitrogen and oxygen atoms in total. The minimum atomic E-state index is -0.963. The van der Waals surface area contributed by atoms with Crippen LogP contribution in [-0.2, 0) is 4.79 Å². The molecule has 1 unspecified atom stereocenters. The number of carboxylic acids is 1. The van der Waals surface area contributed by atoms with Gasteiger partial charge in [0, 0.05) is 5.56 Å². The van der Waals surface area contributed by atoms with Crippen molar-refractivity contribution in [2.75, 3.05) is 0 Å². The third-order valence-corrected chi connectivity index (χ3v) is 1.77. The third-order valence-electron chi connectivity index (χ3n) is 1.42. The van der Waals surface area contributed by atoms with Crippen LogP contribution >= 0.6 is 11.6 Å². The molecule has 1 rings (SSSR count). The second-order valence-electron chi connectivity index (χ2n) is 2.77. The van der Waals surface area contributed by atoms with Gasteiger partial charge in [-0.3, -0.25) is 9.59 Å². The lowest BCUT2D eigenvalue weighted by molar-refractivity contribution is -0.138. The van der Waals surface area contributed by atoms with Crippen LogP contribution in [0.2, 0.25) is 5.02 Å². The Morgan fingerprint density at radius 1 is 1.53 bits per heavy atom. The largest absolute Gasteiger partial charge is 0.480 e. The predicted octanol–water partition coefficient (Wildman–Crippen LogP) is 1.57. The first-order valence-corrected chi connectivity index (χ1v) is 4.55. The Bertz CT molecular complexity index is 339. The molecule has 0 saturated carbocycles. The van der Waals surface area contributed by atoms with Crippen LogP contribution in [0.4, 0.5) is 0 Å². The first kappa shape index (κ1) is 13.6. The molecule has 0 bridgehead atoms. The number of aliphatic carboxylic acids is 1. The summed E-state index contributed by atoms with van der Waals surface area (Å²) in [6, 6.07) is 6.19. The molecule has 82 valence electrons. The molecule has 0 spiro atoms. The third kappa shape index (κ3) is 5.83. The molecule has 1 aromatic carbocycles. The number of aldehydes is 1. The molecule has 0 heterocycles. The average Bonchev–Trinajstić information content (AvgIpc) is 2.19. The fraction of sp³-hybridized carbons (Fsp3) is 0.200. The number of carbonyl (C=O) groups excluding carboxylic acids is 1. The Morgan fingerprint density at radius 2 is 2.00 bits per heavy atom. The van der Waals surface area contributed by atoms with Gasteiger partial charge in [0.15, 0.2) is 6.29 Å². The Hall–Kier alpha value is -1.39. The summed E-state index contributed by atoms with van der Waals surface area (Å²) in [5.41, 5.74) is 5.38. The van der Waals surface area contributed by atoms with Crippen molar-refractivity contribution in [3.63, 3.8) is 0 Å². The van der Waals surface area contributed by atoms with Gasteiger partial charge in [-0.05, 0) is 13.0 Å². The lowest BCUT2D eigenvalue weighted by Gasteiger charge is -1.90. The van der Waals surface area contributed by atoms with Crippen LogP contribution in [-0.4, -0.2) is 23.4 Å². The van der Waals surface area contributed by atoms with Crippen molar-refractivity contribution >= 4 is 23.9 Å². The van der Waals surface area contributed by atoms with E-state index in [0.29, 0.717) is 10.6 Å². The molecular formula is C10H12ClNO3. The maximum atomic E-state index is 10.1. The van der Waals surface area contributed by atoms with Crippen molar-refractivity contribution < 1.29 is 14.7 Å². The highest BCUT2D eigenvalue weighted by molar-refractivity contribution is 6.32. The molecule has 0 aliphatic carbocycles. The Labute approximate surface area is 92.7 Å². The number of nitrogens with two attached hydrogens (primary N) is 1. The van der Waals surface area contributed by atoms with Gasteiger partial charge in [-0.2, -0.15) is 0 Å². The van der Waals surface area contributed by atoms with E-state index in [9.17, 15) is 9.59 Å². The summed E-state index contributed by atoms with van der Waals surface area (Å²) in [5.74, 6) is -0.963. The molecule has 0 aromatic heterocycles. The number of hydrogen-bond acceptors (Lipinski definition) is 3. The van der Waals surface area contributed by atoms with Crippen molar-refractivity contribution in [1.29, 1.82) is 0 Å². The normalized spacial score (nSPS) is 10.9. The molecule has 0 fully saturated rings. The van der Waals surface area contributed by atoms with Gasteiger partial charge in [-0.15, -0.1) is 0 Å². The summed E-state index contributed by atoms with van der Waals surface area (Å²) in [6.07, 6.45) is 0.738. The van der Waals surface area contributed by atoms with Crippen LogP contribution in [0.3, 0.4) is 0 Å². The van der Waals surface area contributed by atoms with Gasteiger partial charge in [0.05, 0.1) is 5.02 Å². The van der Waals surface area contributed by atoms with Gasteiger partial charge >= 0.3 is 5.97 Å². The Balaban J connectivity index is 0.000000288. The van der Waals surface area contributed by atoms with Gasteiger partial charge in [0.1, 0.15) is 6.04 Å². The van der Waals surface area contributed by atoms with Crippen molar-refractivity contribution in [3.8, 4) is 0 Å². The molecule has 1 aromatic rings. The lowest BCUT2D eigenvalue weighted by atomic mass is 10.2. The smallest absolute Gasteiger partial charge is 0.320 e. The van der Waals surface area contributed by atoms with Crippen molar-refractivity contribution in [2.24, 2.45) is 5.73 Å². The summed E-state index contributed by atoms with van der Waals surface area (Å²) in [5, 5.41) is 8.37. The van der Waals surface area contributed by atoms with E-state index in [4.69, 9.17) is 22.4 Å². The van der Waals surface area contributed by atoms with E-state index in [-0.39, 0.29) is 0 Å². The molecule has 0 amide bonds. The summed E-state index contributed by atoms with van der Waals surface area (Å²) in [4.78, 5) is 19.7. The van der Waals surface area contributed by atoms with E-state index in [2.05, 4.69) is 0 Å². The van der Waals surface area contributed by atoms with Crippen LogP contribution in [0, 0.1) is 0 Å². The Kier molecular flexibility index (Phi) is 6.33. The number of carbonyl (C=O) groups is 2. The first-order chi connectivity index (χ1) is 6.99. The summed E-state index contributed by atoms with van der Waals surface area (Å²) >= 11 is 5.59. The average molecular weight is 230 g/mol. The van der Waals surface area contributed by atoms with Crippen LogP contribution in [0.1, 0.15) is 17.3 Å². The van der Waals surface area contributed by atoms with E-state index in [0.717, 1.165) is 6.29 Å². The van der Waals surface area contributed by atoms with Crippen LogP contribution in [0.15, 0.2) is 24.3 Å². The van der Waals surface area contributed by atoms with E-state index in [1.165, 1.54) is 6.92 Å². The molecule has 0 saturated heterocycles. The predicted molar refractivity (Wildman–Crippen MR) is 58.1 cm³/mol. The van der Waals surface area contributed by atoms with Gasteiger partial charge in [-0.1, -0.05) is 29.8 Å². The quantitative estimate of drug-likeness (QED) is 0.755. The van der Waals surface area contributed by atoms with E-state index in [1.54, 1.807) is 24.3 Å². The second-order valence-corrected chi connectivity index (χ2v) is 3.17. The minimum absolute atomic E-state index is 0.507. The van der Waals surface area contributed by atoms with Crippen LogP contribution in [0.5, 0.6) is 0 Å². The van der Waals surface area contributed by atoms with Gasteiger partial charge in [0.25, 0.3) is 0 Å². The summed E-state index contributed by atoms with van der Waals surface area (Å²) in [6.45, 7) is 1.42. The number of hydrogen-bond donors (Lipinski definition) is 2.